The zero-order valence-electron chi connectivity index (χ0n) is 5.65. The van der Waals surface area contributed by atoms with E-state index in [0.717, 1.165) is 5.57 Å². The smallest absolute Gasteiger partial charge is 0.128 e. The fourth-order valence-electron chi connectivity index (χ4n) is 0.772. The van der Waals surface area contributed by atoms with E-state index in [1.54, 1.807) is 6.08 Å². The Kier molecular flexibility index (Phi) is 4.20. The molecule has 0 fully saturated rings. The molecule has 1 rings (SSSR count). The minimum absolute atomic E-state index is 0. The van der Waals surface area contributed by atoms with E-state index >= 15 is 0 Å². The van der Waals surface area contributed by atoms with Crippen molar-refractivity contribution < 1.29 is 24.6 Å². The van der Waals surface area contributed by atoms with Crippen molar-refractivity contribution in [3.63, 3.8) is 0 Å². The molecule has 54 valence electrons. The van der Waals surface area contributed by atoms with Crippen LogP contribution in [0.3, 0.4) is 0 Å². The van der Waals surface area contributed by atoms with Crippen LogP contribution in [0.4, 0.5) is 0 Å². The SMILES string of the molecule is CC1C=CC=CC1=C=O.[Os]. The Morgan fingerprint density at radius 3 is 2.60 bits per heavy atom. The standard InChI is InChI=1S/C8H8O.Os/c1-7-4-2-3-5-8(7)6-9;/h2-5,7H,1H3;. The zero-order chi connectivity index (χ0) is 6.69. The average Bonchev–Trinajstić information content (AvgIpc) is 1.89. The van der Waals surface area contributed by atoms with Gasteiger partial charge in [0.1, 0.15) is 5.94 Å². The van der Waals surface area contributed by atoms with E-state index in [9.17, 15) is 4.79 Å². The van der Waals surface area contributed by atoms with Crippen molar-refractivity contribution in [2.45, 2.75) is 6.92 Å². The van der Waals surface area contributed by atoms with Gasteiger partial charge in [0.15, 0.2) is 0 Å². The summed E-state index contributed by atoms with van der Waals surface area (Å²) in [5.41, 5.74) is 0.734. The number of hydrogen-bond acceptors (Lipinski definition) is 1. The van der Waals surface area contributed by atoms with E-state index in [0.29, 0.717) is 0 Å². The van der Waals surface area contributed by atoms with Gasteiger partial charge in [-0.2, -0.15) is 0 Å². The molecule has 0 bridgehead atoms. The van der Waals surface area contributed by atoms with Gasteiger partial charge in [-0.15, -0.1) is 0 Å². The Hall–Kier alpha value is -0.434. The molecule has 0 amide bonds. The fourth-order valence-corrected chi connectivity index (χ4v) is 0.772. The maximum Gasteiger partial charge on any atom is 0.128 e. The Balaban J connectivity index is 0.000000810. The summed E-state index contributed by atoms with van der Waals surface area (Å²) in [6, 6.07) is 0. The molecule has 0 aromatic rings. The summed E-state index contributed by atoms with van der Waals surface area (Å²) in [7, 11) is 0. The van der Waals surface area contributed by atoms with E-state index in [1.165, 1.54) is 0 Å². The maximum atomic E-state index is 10.1. The van der Waals surface area contributed by atoms with Gasteiger partial charge in [-0.3, -0.25) is 0 Å². The largest absolute Gasteiger partial charge is 0.233 e. The van der Waals surface area contributed by atoms with Gasteiger partial charge in [0.2, 0.25) is 0 Å². The third-order valence-corrected chi connectivity index (χ3v) is 1.40. The first kappa shape index (κ1) is 9.57. The Morgan fingerprint density at radius 2 is 2.20 bits per heavy atom. The van der Waals surface area contributed by atoms with Gasteiger partial charge in [0.25, 0.3) is 0 Å². The van der Waals surface area contributed by atoms with Crippen LogP contribution >= 0.6 is 0 Å². The molecule has 0 spiro atoms. The molecule has 1 nitrogen and oxygen atoms in total. The topological polar surface area (TPSA) is 17.1 Å². The van der Waals surface area contributed by atoms with E-state index < -0.39 is 0 Å². The molecule has 0 saturated heterocycles. The van der Waals surface area contributed by atoms with E-state index in [2.05, 4.69) is 0 Å². The molecule has 1 aliphatic carbocycles. The van der Waals surface area contributed by atoms with Crippen molar-refractivity contribution in [1.82, 2.24) is 0 Å². The average molecular weight is 310 g/mol. The van der Waals surface area contributed by atoms with Crippen LogP contribution in [0.5, 0.6) is 0 Å². The number of rotatable bonds is 0. The first-order valence-electron chi connectivity index (χ1n) is 2.94. The Bertz CT molecular complexity index is 209. The minimum Gasteiger partial charge on any atom is -0.233 e. The molecule has 0 aromatic heterocycles. The molecule has 1 aliphatic rings. The van der Waals surface area contributed by atoms with Crippen LogP contribution in [-0.4, -0.2) is 5.94 Å². The first-order valence-corrected chi connectivity index (χ1v) is 2.94. The zero-order valence-corrected chi connectivity index (χ0v) is 8.19. The van der Waals surface area contributed by atoms with Crippen LogP contribution in [0.25, 0.3) is 0 Å². The molecule has 0 saturated carbocycles. The second kappa shape index (κ2) is 4.39. The summed E-state index contributed by atoms with van der Waals surface area (Å²) < 4.78 is 0. The van der Waals surface area contributed by atoms with Crippen LogP contribution in [-0.2, 0) is 24.6 Å². The first-order chi connectivity index (χ1) is 4.34. The number of allylic oxidation sites excluding steroid dienone is 5. The summed E-state index contributed by atoms with van der Waals surface area (Å²) >= 11 is 0. The summed E-state index contributed by atoms with van der Waals surface area (Å²) in [4.78, 5) is 10.1. The molecule has 2 heteroatoms. The van der Waals surface area contributed by atoms with Crippen LogP contribution in [0, 0.1) is 5.92 Å². The molecule has 0 radical (unpaired) electrons. The van der Waals surface area contributed by atoms with Crippen LogP contribution < -0.4 is 0 Å². The Morgan fingerprint density at radius 1 is 1.50 bits per heavy atom. The molecular weight excluding hydrogens is 302 g/mol. The predicted octanol–water partition coefficient (Wildman–Crippen LogP) is 1.50. The quantitative estimate of drug-likeness (QED) is 0.620. The summed E-state index contributed by atoms with van der Waals surface area (Å²) in [6.45, 7) is 1.97. The molecule has 10 heavy (non-hydrogen) atoms. The van der Waals surface area contributed by atoms with Crippen LogP contribution in [0.15, 0.2) is 29.9 Å². The van der Waals surface area contributed by atoms with E-state index in [4.69, 9.17) is 0 Å². The third kappa shape index (κ3) is 2.07. The van der Waals surface area contributed by atoms with E-state index in [1.807, 2.05) is 31.1 Å². The Labute approximate surface area is 73.6 Å². The van der Waals surface area contributed by atoms with Gasteiger partial charge < -0.3 is 0 Å². The van der Waals surface area contributed by atoms with Gasteiger partial charge in [0, 0.05) is 31.3 Å². The summed E-state index contributed by atoms with van der Waals surface area (Å²) in [5, 5.41) is 0. The molecular formula is C8H8OOs. The van der Waals surface area contributed by atoms with Crippen LogP contribution in [0.2, 0.25) is 0 Å². The predicted molar refractivity (Wildman–Crippen MR) is 36.7 cm³/mol. The molecule has 1 atom stereocenters. The van der Waals surface area contributed by atoms with Gasteiger partial charge in [0.05, 0.1) is 0 Å². The van der Waals surface area contributed by atoms with Crippen molar-refractivity contribution in [2.75, 3.05) is 0 Å². The second-order valence-electron chi connectivity index (χ2n) is 2.09. The monoisotopic (exact) mass is 312 g/mol. The normalized spacial score (nSPS) is 21.7. The molecule has 0 aromatic carbocycles. The van der Waals surface area contributed by atoms with Gasteiger partial charge in [-0.1, -0.05) is 25.2 Å². The van der Waals surface area contributed by atoms with Gasteiger partial charge in [-0.05, 0) is 6.08 Å². The number of carbonyl (C=O) groups excluding carboxylic acids is 1. The molecule has 0 N–H and O–H groups in total. The van der Waals surface area contributed by atoms with Crippen molar-refractivity contribution in [2.24, 2.45) is 5.92 Å². The van der Waals surface area contributed by atoms with E-state index in [-0.39, 0.29) is 25.7 Å². The fraction of sp³-hybridized carbons (Fsp3) is 0.250. The van der Waals surface area contributed by atoms with Crippen LogP contribution in [0.1, 0.15) is 6.92 Å². The minimum atomic E-state index is 0. The van der Waals surface area contributed by atoms with Gasteiger partial charge >= 0.3 is 0 Å². The van der Waals surface area contributed by atoms with Crippen molar-refractivity contribution in [1.29, 1.82) is 0 Å². The van der Waals surface area contributed by atoms with Gasteiger partial charge in [-0.25, -0.2) is 4.79 Å². The number of hydrogen-bond donors (Lipinski definition) is 0. The second-order valence-corrected chi connectivity index (χ2v) is 2.09. The third-order valence-electron chi connectivity index (χ3n) is 1.40. The maximum absolute atomic E-state index is 10.1. The molecule has 1 unspecified atom stereocenters. The van der Waals surface area contributed by atoms with Crippen molar-refractivity contribution in [3.8, 4) is 0 Å². The summed E-state index contributed by atoms with van der Waals surface area (Å²) in [5.74, 6) is 2.13. The molecule has 0 aliphatic heterocycles. The van der Waals surface area contributed by atoms with Crippen molar-refractivity contribution >= 4 is 5.94 Å². The molecule has 0 heterocycles. The summed E-state index contributed by atoms with van der Waals surface area (Å²) in [6.07, 6.45) is 7.55. The van der Waals surface area contributed by atoms with Crippen molar-refractivity contribution in [3.05, 3.63) is 29.9 Å².